The number of phenols is 2. The number of phenolic OH excluding ortho intramolecular Hbond substituents is 2. The van der Waals surface area contributed by atoms with Gasteiger partial charge in [0.25, 0.3) is 0 Å². The lowest BCUT2D eigenvalue weighted by Crippen LogP contribution is -2.34. The lowest BCUT2D eigenvalue weighted by atomic mass is 9.80. The molecule has 2 aromatic carbocycles. The topological polar surface area (TPSA) is 63.7 Å². The molecule has 2 aromatic rings. The first-order valence-electron chi connectivity index (χ1n) is 7.42. The maximum atomic E-state index is 10.2. The summed E-state index contributed by atoms with van der Waals surface area (Å²) in [6.45, 7) is 0. The fourth-order valence-corrected chi connectivity index (χ4v) is 4.24. The van der Waals surface area contributed by atoms with Crippen LogP contribution >= 0.6 is 0 Å². The van der Waals surface area contributed by atoms with Crippen LogP contribution in [0.3, 0.4) is 0 Å². The second-order valence-electron chi connectivity index (χ2n) is 6.48. The van der Waals surface area contributed by atoms with Crippen molar-refractivity contribution in [3.05, 3.63) is 58.7 Å². The Labute approximate surface area is 128 Å². The highest BCUT2D eigenvalue weighted by Gasteiger charge is 2.52. The number of fused-ring (bicyclic) bond motifs is 2. The smallest absolute Gasteiger partial charge is 0.241 e. The van der Waals surface area contributed by atoms with Crippen molar-refractivity contribution >= 4 is 5.71 Å². The van der Waals surface area contributed by atoms with Crippen LogP contribution in [0.1, 0.15) is 22.3 Å². The van der Waals surface area contributed by atoms with Gasteiger partial charge in [0.1, 0.15) is 11.5 Å². The second kappa shape index (κ2) is 4.26. The normalized spacial score (nSPS) is 24.4. The number of aromatic hydroxyl groups is 2. The fourth-order valence-electron chi connectivity index (χ4n) is 4.24. The van der Waals surface area contributed by atoms with Crippen LogP contribution in [0.15, 0.2) is 36.4 Å². The van der Waals surface area contributed by atoms with Crippen LogP contribution in [0.5, 0.6) is 11.5 Å². The third-order valence-electron chi connectivity index (χ3n) is 4.95. The molecule has 22 heavy (non-hydrogen) atoms. The van der Waals surface area contributed by atoms with Crippen LogP contribution in [0.4, 0.5) is 0 Å². The summed E-state index contributed by atoms with van der Waals surface area (Å²) in [6.07, 6.45) is 2.40. The molecule has 1 unspecified atom stereocenters. The van der Waals surface area contributed by atoms with Crippen LogP contribution in [0.2, 0.25) is 0 Å². The van der Waals surface area contributed by atoms with Crippen LogP contribution in [0.25, 0.3) is 0 Å². The van der Waals surface area contributed by atoms with E-state index in [2.05, 4.69) is 0 Å². The van der Waals surface area contributed by atoms with Crippen molar-refractivity contribution in [1.82, 2.24) is 0 Å². The highest BCUT2D eigenvalue weighted by Crippen LogP contribution is 2.48. The molecule has 1 spiro atoms. The Balaban J connectivity index is 1.86. The van der Waals surface area contributed by atoms with Crippen molar-refractivity contribution in [3.8, 4) is 11.5 Å². The van der Waals surface area contributed by atoms with E-state index in [-0.39, 0.29) is 16.9 Å². The number of benzene rings is 2. The zero-order valence-electron chi connectivity index (χ0n) is 12.4. The highest BCUT2D eigenvalue weighted by molar-refractivity contribution is 6.06. The lowest BCUT2D eigenvalue weighted by Gasteiger charge is -2.19. The standard InChI is InChI=1S/C18H17NO3/c1-19(22)17-16-5-4-15(21)7-13(16)10-18(17)8-11-2-3-14(20)6-12(11)9-18/h2-7,20,22H,8-10H2,1H3/p+1. The number of nitrogens with zero attached hydrogens (tertiary/aromatic N) is 1. The Hall–Kier alpha value is -2.49. The Morgan fingerprint density at radius 3 is 2.18 bits per heavy atom. The van der Waals surface area contributed by atoms with Crippen molar-refractivity contribution in [1.29, 1.82) is 0 Å². The van der Waals surface area contributed by atoms with E-state index in [1.165, 1.54) is 10.3 Å². The number of hydroxylamine groups is 1. The molecule has 0 amide bonds. The van der Waals surface area contributed by atoms with Gasteiger partial charge in [-0.1, -0.05) is 6.07 Å². The summed E-state index contributed by atoms with van der Waals surface area (Å²) in [5.74, 6) is 0.534. The second-order valence-corrected chi connectivity index (χ2v) is 6.48. The highest BCUT2D eigenvalue weighted by atomic mass is 16.5. The van der Waals surface area contributed by atoms with Crippen molar-refractivity contribution in [2.75, 3.05) is 7.05 Å². The predicted molar refractivity (Wildman–Crippen MR) is 81.8 cm³/mol. The summed E-state index contributed by atoms with van der Waals surface area (Å²) in [4.78, 5) is 0. The molecule has 112 valence electrons. The van der Waals surface area contributed by atoms with Crippen molar-refractivity contribution in [2.45, 2.75) is 19.3 Å². The monoisotopic (exact) mass is 296 g/mol. The Morgan fingerprint density at radius 1 is 0.864 bits per heavy atom. The minimum atomic E-state index is -0.199. The number of hydrogen-bond donors (Lipinski definition) is 3. The third kappa shape index (κ3) is 1.73. The van der Waals surface area contributed by atoms with Crippen molar-refractivity contribution < 1.29 is 20.2 Å². The van der Waals surface area contributed by atoms with Crippen LogP contribution in [-0.2, 0) is 19.3 Å². The maximum absolute atomic E-state index is 10.2. The van der Waals surface area contributed by atoms with Gasteiger partial charge in [-0.25, -0.2) is 0 Å². The zero-order valence-corrected chi connectivity index (χ0v) is 12.4. The number of hydrogen-bond acceptors (Lipinski definition) is 3. The molecule has 2 aliphatic rings. The van der Waals surface area contributed by atoms with Gasteiger partial charge < -0.3 is 10.2 Å². The predicted octanol–water partition coefficient (Wildman–Crippen LogP) is 2.26. The van der Waals surface area contributed by atoms with E-state index in [1.807, 2.05) is 18.2 Å². The number of rotatable bonds is 0. The van der Waals surface area contributed by atoms with Crippen molar-refractivity contribution in [3.63, 3.8) is 0 Å². The van der Waals surface area contributed by atoms with E-state index >= 15 is 0 Å². The summed E-state index contributed by atoms with van der Waals surface area (Å²) in [6, 6.07) is 10.8. The minimum absolute atomic E-state index is 0.199. The summed E-state index contributed by atoms with van der Waals surface area (Å²) >= 11 is 0. The Kier molecular flexibility index (Phi) is 2.55. The van der Waals surface area contributed by atoms with E-state index in [1.54, 1.807) is 25.2 Å². The molecule has 0 radical (unpaired) electrons. The van der Waals surface area contributed by atoms with Gasteiger partial charge in [0, 0.05) is 5.56 Å². The van der Waals surface area contributed by atoms with Gasteiger partial charge in [-0.05, 0) is 71.0 Å². The van der Waals surface area contributed by atoms with E-state index in [0.717, 1.165) is 41.7 Å². The molecule has 0 saturated carbocycles. The first-order valence-corrected chi connectivity index (χ1v) is 7.42. The molecule has 0 fully saturated rings. The molecule has 1 atom stereocenters. The summed E-state index contributed by atoms with van der Waals surface area (Å²) in [7, 11) is 1.65. The molecule has 4 heteroatoms. The van der Waals surface area contributed by atoms with E-state index in [4.69, 9.17) is 0 Å². The van der Waals surface area contributed by atoms with Crippen LogP contribution < -0.4 is 0 Å². The average Bonchev–Trinajstić information content (AvgIpc) is 2.94. The van der Waals surface area contributed by atoms with Gasteiger partial charge in [0.05, 0.1) is 5.41 Å². The van der Waals surface area contributed by atoms with Gasteiger partial charge in [0.15, 0.2) is 7.05 Å². The van der Waals surface area contributed by atoms with Crippen molar-refractivity contribution in [2.24, 2.45) is 5.41 Å². The summed E-state index contributed by atoms with van der Waals surface area (Å²) in [5.41, 5.74) is 5.12. The van der Waals surface area contributed by atoms with Crippen LogP contribution in [-0.4, -0.2) is 32.9 Å². The summed E-state index contributed by atoms with van der Waals surface area (Å²) in [5, 5.41) is 29.7. The molecule has 0 saturated heterocycles. The molecular formula is C18H18NO3+. The Morgan fingerprint density at radius 2 is 1.45 bits per heavy atom. The summed E-state index contributed by atoms with van der Waals surface area (Å²) < 4.78 is 1.22. The third-order valence-corrected chi connectivity index (χ3v) is 4.95. The molecule has 3 N–H and O–H groups in total. The molecule has 4 nitrogen and oxygen atoms in total. The molecule has 0 heterocycles. The van der Waals surface area contributed by atoms with Gasteiger partial charge in [-0.2, -0.15) is 0 Å². The van der Waals surface area contributed by atoms with Gasteiger partial charge in [0.2, 0.25) is 5.71 Å². The molecule has 4 rings (SSSR count). The molecule has 0 bridgehead atoms. The Bertz CT molecular complexity index is 817. The van der Waals surface area contributed by atoms with Gasteiger partial charge in [-0.15, -0.1) is 0 Å². The fraction of sp³-hybridized carbons (Fsp3) is 0.278. The van der Waals surface area contributed by atoms with E-state index in [0.29, 0.717) is 0 Å². The first-order chi connectivity index (χ1) is 10.5. The molecular weight excluding hydrogens is 278 g/mol. The van der Waals surface area contributed by atoms with Gasteiger partial charge >= 0.3 is 0 Å². The zero-order chi connectivity index (χ0) is 15.5. The van der Waals surface area contributed by atoms with E-state index in [9.17, 15) is 15.4 Å². The van der Waals surface area contributed by atoms with Crippen LogP contribution in [0, 0.1) is 5.41 Å². The van der Waals surface area contributed by atoms with Gasteiger partial charge in [-0.3, -0.25) is 5.21 Å². The molecule has 2 aliphatic carbocycles. The SMILES string of the molecule is C[N+](O)=C1c2ccc(O)cc2CC12Cc1ccc(O)cc1C2. The quantitative estimate of drug-likeness (QED) is 0.397. The lowest BCUT2D eigenvalue weighted by molar-refractivity contribution is -0.756. The largest absolute Gasteiger partial charge is 0.508 e. The molecule has 0 aliphatic heterocycles. The first kappa shape index (κ1) is 13.2. The minimum Gasteiger partial charge on any atom is -0.508 e. The van der Waals surface area contributed by atoms with E-state index < -0.39 is 0 Å². The average molecular weight is 296 g/mol. The molecule has 0 aromatic heterocycles. The maximum Gasteiger partial charge on any atom is 0.241 e.